The van der Waals surface area contributed by atoms with Gasteiger partial charge in [0.25, 0.3) is 0 Å². The molecular formula is C20H28N2O3. The molecule has 5 heteroatoms. The van der Waals surface area contributed by atoms with Crippen LogP contribution >= 0.6 is 0 Å². The maximum absolute atomic E-state index is 12.4. The molecule has 2 amide bonds. The molecule has 136 valence electrons. The molecule has 1 heterocycles. The molecule has 0 aromatic heterocycles. The van der Waals surface area contributed by atoms with Gasteiger partial charge in [0.15, 0.2) is 0 Å². The van der Waals surface area contributed by atoms with Crippen LogP contribution in [0.1, 0.15) is 57.2 Å². The number of carbonyl (C=O) groups excluding carboxylic acids is 2. The van der Waals surface area contributed by atoms with E-state index in [4.69, 9.17) is 0 Å². The van der Waals surface area contributed by atoms with Crippen molar-refractivity contribution in [1.29, 1.82) is 0 Å². The van der Waals surface area contributed by atoms with Gasteiger partial charge in [-0.05, 0) is 35.5 Å². The third-order valence-electron chi connectivity index (χ3n) is 4.63. The van der Waals surface area contributed by atoms with Gasteiger partial charge in [0.1, 0.15) is 0 Å². The normalized spacial score (nSPS) is 16.5. The summed E-state index contributed by atoms with van der Waals surface area (Å²) in [4.78, 5) is 25.9. The van der Waals surface area contributed by atoms with Crippen molar-refractivity contribution in [3.8, 4) is 0 Å². The average molecular weight is 344 g/mol. The summed E-state index contributed by atoms with van der Waals surface area (Å²) in [6.07, 6.45) is 5.56. The van der Waals surface area contributed by atoms with E-state index in [2.05, 4.69) is 5.32 Å². The first-order valence-electron chi connectivity index (χ1n) is 8.77. The van der Waals surface area contributed by atoms with Crippen LogP contribution in [0.5, 0.6) is 0 Å². The Hall–Kier alpha value is -2.14. The van der Waals surface area contributed by atoms with Gasteiger partial charge in [-0.2, -0.15) is 0 Å². The van der Waals surface area contributed by atoms with Crippen molar-refractivity contribution in [2.45, 2.75) is 46.1 Å². The summed E-state index contributed by atoms with van der Waals surface area (Å²) in [5.74, 6) is -0.142. The largest absolute Gasteiger partial charge is 0.396 e. The number of fused-ring (bicyclic) bond motifs is 1. The number of nitrogens with zero attached hydrogens (tertiary/aromatic N) is 1. The predicted molar refractivity (Wildman–Crippen MR) is 98.5 cm³/mol. The second kappa shape index (κ2) is 8.30. The van der Waals surface area contributed by atoms with Crippen molar-refractivity contribution in [1.82, 2.24) is 10.2 Å². The molecule has 0 spiro atoms. The Bertz CT molecular complexity index is 652. The standard InChI is InChI=1S/C20H28N2O3/c1-15(24)22-12-9-16-7-4-5-8-17(16)18(22)13-19(25)21-11-6-10-20(2,3)14-23/h4-5,7-9,12,18,23H,6,10-11,13-14H2,1-3H3,(H,21,25). The van der Waals surface area contributed by atoms with Crippen molar-refractivity contribution in [3.63, 3.8) is 0 Å². The van der Waals surface area contributed by atoms with Gasteiger partial charge < -0.3 is 15.3 Å². The zero-order chi connectivity index (χ0) is 18.4. The molecule has 2 rings (SSSR count). The number of carbonyl (C=O) groups is 2. The minimum Gasteiger partial charge on any atom is -0.396 e. The first-order chi connectivity index (χ1) is 11.8. The van der Waals surface area contributed by atoms with Crippen molar-refractivity contribution < 1.29 is 14.7 Å². The molecule has 1 unspecified atom stereocenters. The fraction of sp³-hybridized carbons (Fsp3) is 0.500. The van der Waals surface area contributed by atoms with E-state index < -0.39 is 0 Å². The Labute approximate surface area is 149 Å². The van der Waals surface area contributed by atoms with Crippen LogP contribution in [0.2, 0.25) is 0 Å². The van der Waals surface area contributed by atoms with Crippen molar-refractivity contribution in [3.05, 3.63) is 41.6 Å². The third-order valence-corrected chi connectivity index (χ3v) is 4.63. The van der Waals surface area contributed by atoms with Gasteiger partial charge in [-0.3, -0.25) is 9.59 Å². The summed E-state index contributed by atoms with van der Waals surface area (Å²) < 4.78 is 0. The molecule has 1 atom stereocenters. The van der Waals surface area contributed by atoms with Gasteiger partial charge in [-0.1, -0.05) is 38.1 Å². The smallest absolute Gasteiger partial charge is 0.223 e. The second-order valence-corrected chi connectivity index (χ2v) is 7.37. The maximum Gasteiger partial charge on any atom is 0.223 e. The van der Waals surface area contributed by atoms with Crippen LogP contribution in [-0.4, -0.2) is 35.0 Å². The Kier molecular flexibility index (Phi) is 6.37. The molecular weight excluding hydrogens is 316 g/mol. The number of hydrogen-bond acceptors (Lipinski definition) is 3. The van der Waals surface area contributed by atoms with Crippen molar-refractivity contribution in [2.24, 2.45) is 5.41 Å². The van der Waals surface area contributed by atoms with E-state index in [1.807, 2.05) is 44.2 Å². The van der Waals surface area contributed by atoms with Gasteiger partial charge in [0.05, 0.1) is 12.5 Å². The Morgan fingerprint density at radius 1 is 1.28 bits per heavy atom. The lowest BCUT2D eigenvalue weighted by molar-refractivity contribution is -0.129. The molecule has 1 aromatic carbocycles. The maximum atomic E-state index is 12.4. The first kappa shape index (κ1) is 19.2. The highest BCUT2D eigenvalue weighted by Crippen LogP contribution is 2.32. The average Bonchev–Trinajstić information content (AvgIpc) is 2.59. The second-order valence-electron chi connectivity index (χ2n) is 7.37. The quantitative estimate of drug-likeness (QED) is 0.747. The summed E-state index contributed by atoms with van der Waals surface area (Å²) >= 11 is 0. The number of rotatable bonds is 7. The molecule has 0 saturated carbocycles. The molecule has 0 radical (unpaired) electrons. The van der Waals surface area contributed by atoms with Gasteiger partial charge in [-0.25, -0.2) is 0 Å². The number of aliphatic hydroxyl groups excluding tert-OH is 1. The highest BCUT2D eigenvalue weighted by Gasteiger charge is 2.28. The molecule has 1 aliphatic heterocycles. The summed E-state index contributed by atoms with van der Waals surface area (Å²) in [7, 11) is 0. The van der Waals surface area contributed by atoms with Gasteiger partial charge in [0.2, 0.25) is 11.8 Å². The van der Waals surface area contributed by atoms with Crippen LogP contribution in [0, 0.1) is 5.41 Å². The molecule has 5 nitrogen and oxygen atoms in total. The third kappa shape index (κ3) is 5.16. The Morgan fingerprint density at radius 2 is 2.00 bits per heavy atom. The molecule has 1 aliphatic rings. The monoisotopic (exact) mass is 344 g/mol. The minimum atomic E-state index is -0.271. The highest BCUT2D eigenvalue weighted by atomic mass is 16.3. The summed E-state index contributed by atoms with van der Waals surface area (Å²) in [6.45, 7) is 6.24. The van der Waals surface area contributed by atoms with E-state index in [1.54, 1.807) is 11.1 Å². The van der Waals surface area contributed by atoms with E-state index in [-0.39, 0.29) is 36.3 Å². The zero-order valence-corrected chi connectivity index (χ0v) is 15.3. The van der Waals surface area contributed by atoms with Gasteiger partial charge >= 0.3 is 0 Å². The topological polar surface area (TPSA) is 69.6 Å². The number of hydrogen-bond donors (Lipinski definition) is 2. The molecule has 1 aromatic rings. The number of nitrogens with one attached hydrogen (secondary N) is 1. The van der Waals surface area contributed by atoms with Crippen molar-refractivity contribution in [2.75, 3.05) is 13.2 Å². The molecule has 2 N–H and O–H groups in total. The molecule has 0 fully saturated rings. The summed E-state index contributed by atoms with van der Waals surface area (Å²) in [6, 6.07) is 7.57. The fourth-order valence-corrected chi connectivity index (χ4v) is 3.03. The van der Waals surface area contributed by atoms with Crippen LogP contribution in [0.3, 0.4) is 0 Å². The lowest BCUT2D eigenvalue weighted by Gasteiger charge is -2.32. The van der Waals surface area contributed by atoms with E-state index in [1.165, 1.54) is 6.92 Å². The van der Waals surface area contributed by atoms with Crippen molar-refractivity contribution >= 4 is 17.9 Å². The zero-order valence-electron chi connectivity index (χ0n) is 15.3. The fourth-order valence-electron chi connectivity index (χ4n) is 3.03. The number of aliphatic hydroxyl groups is 1. The van der Waals surface area contributed by atoms with Crippen LogP contribution < -0.4 is 5.32 Å². The van der Waals surface area contributed by atoms with Crippen LogP contribution in [0.25, 0.3) is 6.08 Å². The Balaban J connectivity index is 1.96. The molecule has 25 heavy (non-hydrogen) atoms. The van der Waals surface area contributed by atoms with E-state index in [9.17, 15) is 14.7 Å². The molecule has 0 aliphatic carbocycles. The molecule has 0 bridgehead atoms. The van der Waals surface area contributed by atoms with Gasteiger partial charge in [0, 0.05) is 26.3 Å². The highest BCUT2D eigenvalue weighted by molar-refractivity contribution is 5.81. The van der Waals surface area contributed by atoms with Gasteiger partial charge in [-0.15, -0.1) is 0 Å². The van der Waals surface area contributed by atoms with E-state index in [0.29, 0.717) is 6.54 Å². The minimum absolute atomic E-state index is 0.0665. The predicted octanol–water partition coefficient (Wildman–Crippen LogP) is 2.87. The van der Waals surface area contributed by atoms with Crippen LogP contribution in [-0.2, 0) is 9.59 Å². The SMILES string of the molecule is CC(=O)N1C=Cc2ccccc2C1CC(=O)NCCCC(C)(C)CO. The summed E-state index contributed by atoms with van der Waals surface area (Å²) in [5, 5.41) is 12.2. The van der Waals surface area contributed by atoms with E-state index >= 15 is 0 Å². The lowest BCUT2D eigenvalue weighted by atomic mass is 9.89. The molecule has 0 saturated heterocycles. The lowest BCUT2D eigenvalue weighted by Crippen LogP contribution is -2.35. The first-order valence-corrected chi connectivity index (χ1v) is 8.77. The van der Waals surface area contributed by atoms with E-state index in [0.717, 1.165) is 24.0 Å². The summed E-state index contributed by atoms with van der Waals surface area (Å²) in [5.41, 5.74) is 1.92. The Morgan fingerprint density at radius 3 is 2.68 bits per heavy atom. The number of benzene rings is 1. The van der Waals surface area contributed by atoms with Crippen LogP contribution in [0.4, 0.5) is 0 Å². The van der Waals surface area contributed by atoms with Crippen LogP contribution in [0.15, 0.2) is 30.5 Å². The number of amides is 2.